The average Bonchev–Trinajstić information content (AvgIpc) is 4.06. The van der Waals surface area contributed by atoms with Crippen LogP contribution in [-0.4, -0.2) is 89.6 Å². The normalized spacial score (nSPS) is 17.0. The number of amides is 6. The quantitative estimate of drug-likeness (QED) is 0.0860. The van der Waals surface area contributed by atoms with Crippen LogP contribution in [0.2, 0.25) is 0 Å². The van der Waals surface area contributed by atoms with Crippen LogP contribution in [0.5, 0.6) is 0 Å². The SMILES string of the molecule is CCCCCn1c2cc(NC(=O)[C@@H]3CCCN3C(=O)[C@H](NC(=O)OC)c3ccccc3)ccc2c2ccc(NC(=O)[C@@H]3CCCN3C(=O)[C@H](NC(=O)OC)c3ccccc3)cc21. The van der Waals surface area contributed by atoms with Gasteiger partial charge in [0.2, 0.25) is 11.8 Å². The number of ether oxygens (including phenoxy) is 2. The van der Waals surface area contributed by atoms with Crippen molar-refractivity contribution in [1.29, 1.82) is 0 Å². The number of nitrogens with one attached hydrogen (secondary N) is 4. The Bertz CT molecular complexity index is 2280. The summed E-state index contributed by atoms with van der Waals surface area (Å²) in [5.74, 6) is -1.44. The van der Waals surface area contributed by atoms with Crippen molar-refractivity contribution in [1.82, 2.24) is 25.0 Å². The van der Waals surface area contributed by atoms with Gasteiger partial charge in [-0.15, -0.1) is 0 Å². The number of aryl methyl sites for hydroxylation is 1. The van der Waals surface area contributed by atoms with Crippen LogP contribution in [0.3, 0.4) is 0 Å². The monoisotopic (exact) mass is 843 g/mol. The third-order valence-corrected chi connectivity index (χ3v) is 11.7. The molecule has 1 aromatic heterocycles. The molecule has 0 saturated carbocycles. The predicted octanol–water partition coefficient (Wildman–Crippen LogP) is 7.04. The first-order valence-corrected chi connectivity index (χ1v) is 21.2. The zero-order valence-corrected chi connectivity index (χ0v) is 35.2. The largest absolute Gasteiger partial charge is 0.453 e. The molecule has 15 heteroatoms. The maximum atomic E-state index is 14.0. The summed E-state index contributed by atoms with van der Waals surface area (Å²) in [6, 6.07) is 25.7. The molecule has 0 aliphatic carbocycles. The Balaban J connectivity index is 1.11. The number of fused-ring (bicyclic) bond motifs is 3. The Morgan fingerprint density at radius 2 is 1.05 bits per heavy atom. The first-order valence-electron chi connectivity index (χ1n) is 21.2. The maximum absolute atomic E-state index is 14.0. The zero-order valence-electron chi connectivity index (χ0n) is 35.2. The molecule has 0 bridgehead atoms. The van der Waals surface area contributed by atoms with Gasteiger partial charge in [0.15, 0.2) is 0 Å². The lowest BCUT2D eigenvalue weighted by molar-refractivity contribution is -0.138. The minimum Gasteiger partial charge on any atom is -0.453 e. The molecule has 324 valence electrons. The maximum Gasteiger partial charge on any atom is 0.407 e. The van der Waals surface area contributed by atoms with Gasteiger partial charge < -0.3 is 45.1 Å². The molecule has 6 amide bonds. The van der Waals surface area contributed by atoms with E-state index in [0.717, 1.165) is 41.1 Å². The van der Waals surface area contributed by atoms with E-state index in [4.69, 9.17) is 9.47 Å². The lowest BCUT2D eigenvalue weighted by atomic mass is 10.0. The minimum absolute atomic E-state index is 0.325. The molecule has 4 N–H and O–H groups in total. The number of carbonyl (C=O) groups excluding carboxylic acids is 6. The lowest BCUT2D eigenvalue weighted by Gasteiger charge is -2.28. The van der Waals surface area contributed by atoms with E-state index in [-0.39, 0.29) is 11.8 Å². The van der Waals surface area contributed by atoms with Gasteiger partial charge in [-0.05, 0) is 67.5 Å². The summed E-state index contributed by atoms with van der Waals surface area (Å²) in [6.45, 7) is 3.56. The topological polar surface area (TPSA) is 180 Å². The lowest BCUT2D eigenvalue weighted by Crippen LogP contribution is -2.48. The number of benzene rings is 4. The Morgan fingerprint density at radius 3 is 1.45 bits per heavy atom. The molecule has 2 aliphatic heterocycles. The number of hydrogen-bond donors (Lipinski definition) is 4. The highest BCUT2D eigenvalue weighted by atomic mass is 16.5. The van der Waals surface area contributed by atoms with Crippen molar-refractivity contribution in [2.45, 2.75) is 82.6 Å². The average molecular weight is 844 g/mol. The fraction of sp³-hybridized carbons (Fsp3) is 0.362. The number of carbonyl (C=O) groups is 6. The fourth-order valence-electron chi connectivity index (χ4n) is 8.62. The van der Waals surface area contributed by atoms with Crippen molar-refractivity contribution >= 4 is 69.0 Å². The molecule has 2 saturated heterocycles. The van der Waals surface area contributed by atoms with Crippen LogP contribution < -0.4 is 21.3 Å². The van der Waals surface area contributed by atoms with E-state index in [1.807, 2.05) is 48.5 Å². The second-order valence-electron chi connectivity index (χ2n) is 15.6. The molecule has 4 atom stereocenters. The molecule has 4 aromatic carbocycles. The number of aromatic nitrogens is 1. The van der Waals surface area contributed by atoms with E-state index in [0.29, 0.717) is 67.8 Å². The van der Waals surface area contributed by atoms with Crippen LogP contribution in [-0.2, 0) is 35.2 Å². The van der Waals surface area contributed by atoms with E-state index in [9.17, 15) is 28.8 Å². The second kappa shape index (κ2) is 19.7. The number of nitrogens with zero attached hydrogens (tertiary/aromatic N) is 3. The number of alkyl carbamates (subject to hydrolysis) is 2. The fourth-order valence-corrected chi connectivity index (χ4v) is 8.62. The number of rotatable bonds is 14. The number of unbranched alkanes of at least 4 members (excludes halogenated alkanes) is 2. The predicted molar refractivity (Wildman–Crippen MR) is 235 cm³/mol. The van der Waals surface area contributed by atoms with Gasteiger partial charge in [-0.3, -0.25) is 19.2 Å². The van der Waals surface area contributed by atoms with Gasteiger partial charge in [0.05, 0.1) is 25.3 Å². The molecule has 15 nitrogen and oxygen atoms in total. The van der Waals surface area contributed by atoms with Crippen molar-refractivity contribution in [2.75, 3.05) is 37.9 Å². The summed E-state index contributed by atoms with van der Waals surface area (Å²) >= 11 is 0. The minimum atomic E-state index is -1.02. The van der Waals surface area contributed by atoms with Gasteiger partial charge in [0.25, 0.3) is 11.8 Å². The van der Waals surface area contributed by atoms with Gasteiger partial charge >= 0.3 is 12.2 Å². The summed E-state index contributed by atoms with van der Waals surface area (Å²) in [7, 11) is 2.47. The number of likely N-dealkylation sites (tertiary alicyclic amines) is 2. The van der Waals surface area contributed by atoms with Gasteiger partial charge in [0.1, 0.15) is 24.2 Å². The number of methoxy groups -OCH3 is 2. The van der Waals surface area contributed by atoms with Crippen LogP contribution in [0.15, 0.2) is 97.1 Å². The number of anilines is 2. The van der Waals surface area contributed by atoms with E-state index in [2.05, 4.69) is 32.8 Å². The van der Waals surface area contributed by atoms with Crippen LogP contribution >= 0.6 is 0 Å². The van der Waals surface area contributed by atoms with E-state index >= 15 is 0 Å². The molecule has 5 aromatic rings. The molecule has 0 spiro atoms. The molecule has 2 aliphatic rings. The van der Waals surface area contributed by atoms with Gasteiger partial charge in [0, 0.05) is 41.8 Å². The summed E-state index contributed by atoms with van der Waals surface area (Å²) < 4.78 is 11.8. The zero-order chi connectivity index (χ0) is 43.8. The Hall–Kier alpha value is -6.90. The molecule has 0 radical (unpaired) electrons. The molecule has 2 fully saturated rings. The highest BCUT2D eigenvalue weighted by molar-refractivity contribution is 6.11. The second-order valence-corrected chi connectivity index (χ2v) is 15.6. The molecule has 3 heterocycles. The van der Waals surface area contributed by atoms with Crippen LogP contribution in [0, 0.1) is 0 Å². The van der Waals surface area contributed by atoms with Crippen molar-refractivity contribution < 1.29 is 38.2 Å². The smallest absolute Gasteiger partial charge is 0.407 e. The Kier molecular flexibility index (Phi) is 13.7. The van der Waals surface area contributed by atoms with E-state index in [1.165, 1.54) is 24.0 Å². The van der Waals surface area contributed by atoms with Gasteiger partial charge in [-0.25, -0.2) is 9.59 Å². The molecular formula is C47H53N7O8. The van der Waals surface area contributed by atoms with Crippen LogP contribution in [0.25, 0.3) is 21.8 Å². The third-order valence-electron chi connectivity index (χ3n) is 11.7. The summed E-state index contributed by atoms with van der Waals surface area (Å²) in [4.78, 5) is 83.4. The van der Waals surface area contributed by atoms with Gasteiger partial charge in [-0.2, -0.15) is 0 Å². The molecular weight excluding hydrogens is 791 g/mol. The first-order chi connectivity index (χ1) is 30.1. The Labute approximate surface area is 360 Å². The van der Waals surface area contributed by atoms with Crippen LogP contribution in [0.4, 0.5) is 21.0 Å². The van der Waals surface area contributed by atoms with E-state index in [1.54, 1.807) is 48.5 Å². The standard InChI is InChI=1S/C47H53N7O8/c1-4-5-12-25-52-38-28-32(48-42(55)36-19-13-26-53(36)44(57)40(50-46(59)61-2)30-15-8-6-9-16-30)21-23-34(38)35-24-22-33(29-39(35)52)49-43(56)37-20-14-27-54(37)45(58)41(51-47(60)62-3)31-17-10-7-11-18-31/h6-11,15-18,21-24,28-29,36-37,40-41H,4-5,12-14,19-20,25-27H2,1-3H3,(H,48,55)(H,49,56)(H,50,59)(H,51,60)/t36-,37-,40+,41+/m0/s1. The molecule has 62 heavy (non-hydrogen) atoms. The summed E-state index contributed by atoms with van der Waals surface area (Å²) in [5.41, 5.74) is 4.11. The van der Waals surface area contributed by atoms with Crippen molar-refractivity contribution in [3.63, 3.8) is 0 Å². The van der Waals surface area contributed by atoms with E-state index < -0.39 is 48.2 Å². The highest BCUT2D eigenvalue weighted by Gasteiger charge is 2.40. The molecule has 0 unspecified atom stereocenters. The van der Waals surface area contributed by atoms with Crippen molar-refractivity contribution in [3.8, 4) is 0 Å². The van der Waals surface area contributed by atoms with Crippen LogP contribution in [0.1, 0.15) is 75.1 Å². The molecule has 7 rings (SSSR count). The Morgan fingerprint density at radius 1 is 0.613 bits per heavy atom. The first kappa shape index (κ1) is 43.2. The van der Waals surface area contributed by atoms with Gasteiger partial charge in [-0.1, -0.05) is 92.6 Å². The van der Waals surface area contributed by atoms with Crippen molar-refractivity contribution in [3.05, 3.63) is 108 Å². The number of hydrogen-bond acceptors (Lipinski definition) is 8. The third kappa shape index (κ3) is 9.36. The van der Waals surface area contributed by atoms with Crippen molar-refractivity contribution in [2.24, 2.45) is 0 Å². The summed E-state index contributed by atoms with van der Waals surface area (Å²) in [5, 5.41) is 13.4. The highest BCUT2D eigenvalue weighted by Crippen LogP contribution is 2.34. The summed E-state index contributed by atoms with van der Waals surface area (Å²) in [6.07, 6.45) is 3.63.